The Kier molecular flexibility index (Phi) is 4.94. The van der Waals surface area contributed by atoms with Gasteiger partial charge in [-0.1, -0.05) is 69.3 Å². The highest BCUT2D eigenvalue weighted by atomic mass is 16.3. The van der Waals surface area contributed by atoms with E-state index in [0.717, 1.165) is 38.6 Å². The molecule has 0 aliphatic heterocycles. The molecule has 3 aromatic carbocycles. The van der Waals surface area contributed by atoms with Crippen molar-refractivity contribution in [2.24, 2.45) is 5.10 Å². The molecule has 0 radical (unpaired) electrons. The number of rotatable bonds is 3. The van der Waals surface area contributed by atoms with E-state index < -0.39 is 0 Å². The number of benzene rings is 3. The van der Waals surface area contributed by atoms with Gasteiger partial charge in [0.05, 0.1) is 10.9 Å². The second-order valence-corrected chi connectivity index (χ2v) is 8.78. The van der Waals surface area contributed by atoms with Crippen molar-refractivity contribution in [2.45, 2.75) is 26.2 Å². The van der Waals surface area contributed by atoms with Crippen LogP contribution in [0.15, 0.2) is 94.7 Å². The molecule has 0 aliphatic rings. The van der Waals surface area contributed by atoms with Gasteiger partial charge in [0.25, 0.3) is 0 Å². The maximum Gasteiger partial charge on any atom is 0.157 e. The first kappa shape index (κ1) is 19.9. The van der Waals surface area contributed by atoms with E-state index in [4.69, 9.17) is 9.52 Å². The van der Waals surface area contributed by atoms with Gasteiger partial charge in [0.2, 0.25) is 0 Å². The van der Waals surface area contributed by atoms with Crippen molar-refractivity contribution in [3.63, 3.8) is 0 Å². The van der Waals surface area contributed by atoms with Gasteiger partial charge in [0, 0.05) is 22.4 Å². The normalized spacial score (nSPS) is 12.4. The quantitative estimate of drug-likeness (QED) is 0.350. The molecule has 5 aromatic rings. The first-order valence-electron chi connectivity index (χ1n) is 10.6. The lowest BCUT2D eigenvalue weighted by Crippen LogP contribution is -2.10. The summed E-state index contributed by atoms with van der Waals surface area (Å²) in [5.41, 5.74) is 7.17. The van der Waals surface area contributed by atoms with E-state index in [2.05, 4.69) is 60.4 Å². The van der Waals surface area contributed by atoms with E-state index in [-0.39, 0.29) is 5.41 Å². The molecule has 2 heterocycles. The third-order valence-corrected chi connectivity index (χ3v) is 5.51. The third kappa shape index (κ3) is 3.85. The Morgan fingerprint density at radius 3 is 2.31 bits per heavy atom. The predicted octanol–water partition coefficient (Wildman–Crippen LogP) is 6.27. The Bertz CT molecular complexity index is 1470. The highest BCUT2D eigenvalue weighted by Gasteiger charge is 2.14. The Balaban J connectivity index is 1.61. The molecule has 5 heteroatoms. The average Bonchev–Trinajstić information content (AvgIpc) is 2.82. The first-order chi connectivity index (χ1) is 15.5. The van der Waals surface area contributed by atoms with Crippen LogP contribution < -0.4 is 10.8 Å². The zero-order chi connectivity index (χ0) is 22.1. The number of hydrogen-bond donors (Lipinski definition) is 1. The minimum atomic E-state index is 0.101. The molecule has 2 aromatic heterocycles. The summed E-state index contributed by atoms with van der Waals surface area (Å²) >= 11 is 0. The van der Waals surface area contributed by atoms with Crippen LogP contribution in [0.25, 0.3) is 33.2 Å². The molecule has 0 amide bonds. The van der Waals surface area contributed by atoms with Gasteiger partial charge in [0.15, 0.2) is 5.82 Å². The van der Waals surface area contributed by atoms with Crippen LogP contribution in [0.1, 0.15) is 26.3 Å². The number of nitrogens with one attached hydrogen (secondary N) is 1. The van der Waals surface area contributed by atoms with E-state index in [1.165, 1.54) is 5.56 Å². The van der Waals surface area contributed by atoms with Gasteiger partial charge >= 0.3 is 0 Å². The van der Waals surface area contributed by atoms with Gasteiger partial charge in [-0.2, -0.15) is 5.10 Å². The molecule has 0 unspecified atom stereocenters. The van der Waals surface area contributed by atoms with Crippen LogP contribution in [0.2, 0.25) is 0 Å². The van der Waals surface area contributed by atoms with E-state index in [9.17, 15) is 0 Å². The van der Waals surface area contributed by atoms with Crippen LogP contribution in [-0.4, -0.2) is 9.97 Å². The average molecular weight is 421 g/mol. The molecule has 158 valence electrons. The molecule has 0 spiro atoms. The maximum absolute atomic E-state index is 6.22. The summed E-state index contributed by atoms with van der Waals surface area (Å²) in [6.45, 7) is 6.63. The molecule has 5 nitrogen and oxygen atoms in total. The lowest BCUT2D eigenvalue weighted by atomic mass is 9.86. The monoisotopic (exact) mass is 420 g/mol. The van der Waals surface area contributed by atoms with Crippen molar-refractivity contribution < 1.29 is 4.42 Å². The lowest BCUT2D eigenvalue weighted by molar-refractivity contribution is 0.589. The van der Waals surface area contributed by atoms with Crippen LogP contribution in [0.4, 0.5) is 5.82 Å². The standard InChI is InChI=1S/C27H24N4O/c1-27(2,3)19-14-12-18(13-15-19)25-16-23(20-8-5-7-11-24(20)32-25)30-31-26-21-9-4-6-10-22(21)28-17-29-26/h4-17H,1-3H3,(H,28,29,31)/b30-23-. The summed E-state index contributed by atoms with van der Waals surface area (Å²) in [6, 6.07) is 26.2. The summed E-state index contributed by atoms with van der Waals surface area (Å²) in [6.07, 6.45) is 1.54. The summed E-state index contributed by atoms with van der Waals surface area (Å²) < 4.78 is 6.22. The fraction of sp³-hybridized carbons (Fsp3) is 0.148. The van der Waals surface area contributed by atoms with E-state index in [1.807, 2.05) is 54.6 Å². The fourth-order valence-corrected chi connectivity index (χ4v) is 3.69. The van der Waals surface area contributed by atoms with Gasteiger partial charge in [-0.05, 0) is 35.2 Å². The molecule has 32 heavy (non-hydrogen) atoms. The molecule has 0 bridgehead atoms. The molecular weight excluding hydrogens is 396 g/mol. The van der Waals surface area contributed by atoms with Crippen LogP contribution in [-0.2, 0) is 5.41 Å². The molecule has 0 atom stereocenters. The number of fused-ring (bicyclic) bond motifs is 2. The largest absolute Gasteiger partial charge is 0.456 e. The van der Waals surface area contributed by atoms with Crippen molar-refractivity contribution >= 4 is 27.7 Å². The Labute approximate surface area is 186 Å². The second kappa shape index (κ2) is 7.93. The van der Waals surface area contributed by atoms with Crippen LogP contribution in [0.5, 0.6) is 0 Å². The second-order valence-electron chi connectivity index (χ2n) is 8.78. The molecule has 1 N–H and O–H groups in total. The van der Waals surface area contributed by atoms with Gasteiger partial charge in [-0.15, -0.1) is 0 Å². The van der Waals surface area contributed by atoms with Crippen LogP contribution >= 0.6 is 0 Å². The molecule has 0 saturated carbocycles. The van der Waals surface area contributed by atoms with E-state index in [1.54, 1.807) is 6.33 Å². The number of hydrogen-bond acceptors (Lipinski definition) is 5. The number of para-hydroxylation sites is 2. The Hall–Kier alpha value is -3.99. The third-order valence-electron chi connectivity index (χ3n) is 5.51. The van der Waals surface area contributed by atoms with Crippen molar-refractivity contribution in [3.05, 3.63) is 96.1 Å². The number of aromatic nitrogens is 2. The summed E-state index contributed by atoms with van der Waals surface area (Å²) in [7, 11) is 0. The van der Waals surface area contributed by atoms with E-state index >= 15 is 0 Å². The number of anilines is 1. The van der Waals surface area contributed by atoms with Gasteiger partial charge in [-0.3, -0.25) is 5.43 Å². The van der Waals surface area contributed by atoms with Crippen molar-refractivity contribution in [1.29, 1.82) is 0 Å². The topological polar surface area (TPSA) is 63.3 Å². The number of nitrogens with zero attached hydrogens (tertiary/aromatic N) is 3. The summed E-state index contributed by atoms with van der Waals surface area (Å²) in [5.74, 6) is 1.42. The fourth-order valence-electron chi connectivity index (χ4n) is 3.69. The Morgan fingerprint density at radius 2 is 1.53 bits per heavy atom. The molecule has 5 rings (SSSR count). The summed E-state index contributed by atoms with van der Waals surface area (Å²) in [4.78, 5) is 8.69. The van der Waals surface area contributed by atoms with Crippen molar-refractivity contribution in [3.8, 4) is 11.3 Å². The minimum Gasteiger partial charge on any atom is -0.456 e. The van der Waals surface area contributed by atoms with Gasteiger partial charge in [0.1, 0.15) is 17.7 Å². The Morgan fingerprint density at radius 1 is 0.812 bits per heavy atom. The summed E-state index contributed by atoms with van der Waals surface area (Å²) in [5, 5.41) is 7.32. The minimum absolute atomic E-state index is 0.101. The lowest BCUT2D eigenvalue weighted by Gasteiger charge is -2.19. The van der Waals surface area contributed by atoms with Gasteiger partial charge < -0.3 is 4.42 Å². The molecule has 0 fully saturated rings. The van der Waals surface area contributed by atoms with Crippen molar-refractivity contribution in [2.75, 3.05) is 5.43 Å². The molecular formula is C27H24N4O. The maximum atomic E-state index is 6.22. The smallest absolute Gasteiger partial charge is 0.157 e. The predicted molar refractivity (Wildman–Crippen MR) is 129 cm³/mol. The van der Waals surface area contributed by atoms with Gasteiger partial charge in [-0.25, -0.2) is 9.97 Å². The zero-order valence-electron chi connectivity index (χ0n) is 18.3. The van der Waals surface area contributed by atoms with Crippen molar-refractivity contribution in [1.82, 2.24) is 9.97 Å². The van der Waals surface area contributed by atoms with E-state index in [0.29, 0.717) is 5.82 Å². The first-order valence-corrected chi connectivity index (χ1v) is 10.6. The zero-order valence-corrected chi connectivity index (χ0v) is 18.3. The highest BCUT2D eigenvalue weighted by molar-refractivity contribution is 5.88. The molecule has 0 saturated heterocycles. The SMILES string of the molecule is CC(C)(C)c1ccc(-c2c/c(=N/Nc3ncnc4ccccc34)c3ccccc3o2)cc1. The van der Waals surface area contributed by atoms with Crippen LogP contribution in [0, 0.1) is 0 Å². The highest BCUT2D eigenvalue weighted by Crippen LogP contribution is 2.27. The molecule has 0 aliphatic carbocycles. The van der Waals surface area contributed by atoms with Crippen LogP contribution in [0.3, 0.4) is 0 Å².